The predicted molar refractivity (Wildman–Crippen MR) is 87.1 cm³/mol. The molecule has 120 valence electrons. The number of unbranched alkanes of at least 4 members (excludes halogenated alkanes) is 4. The Bertz CT molecular complexity index is 510. The molecule has 0 saturated heterocycles. The standard InChI is InChI=1S/C15H25ClN2O2S/c1-3-5-7-11-18(12-8-6-4-2)21(19,20)15-13-17-10-9-14(15)16/h9-10,13H,3-8,11-12H2,1-2H3. The summed E-state index contributed by atoms with van der Waals surface area (Å²) in [5, 5.41) is 0.237. The van der Waals surface area contributed by atoms with Crippen LogP contribution in [0.15, 0.2) is 23.4 Å². The molecule has 0 N–H and O–H groups in total. The lowest BCUT2D eigenvalue weighted by molar-refractivity contribution is 0.388. The highest BCUT2D eigenvalue weighted by molar-refractivity contribution is 7.89. The third-order valence-corrected chi connectivity index (χ3v) is 5.74. The molecule has 0 aliphatic carbocycles. The monoisotopic (exact) mass is 332 g/mol. The zero-order valence-corrected chi connectivity index (χ0v) is 14.5. The molecule has 0 aliphatic rings. The van der Waals surface area contributed by atoms with E-state index in [1.165, 1.54) is 18.5 Å². The second-order valence-corrected chi connectivity index (χ2v) is 7.44. The maximum absolute atomic E-state index is 12.7. The van der Waals surface area contributed by atoms with Crippen LogP contribution in [0.2, 0.25) is 5.02 Å². The molecule has 0 spiro atoms. The molecule has 0 bridgehead atoms. The molecule has 4 nitrogen and oxygen atoms in total. The number of nitrogens with zero attached hydrogens (tertiary/aromatic N) is 2. The average Bonchev–Trinajstić information content (AvgIpc) is 2.46. The predicted octanol–water partition coefficient (Wildman–Crippen LogP) is 4.11. The minimum Gasteiger partial charge on any atom is -0.263 e. The van der Waals surface area contributed by atoms with E-state index in [2.05, 4.69) is 18.8 Å². The van der Waals surface area contributed by atoms with Gasteiger partial charge in [-0.05, 0) is 18.9 Å². The summed E-state index contributed by atoms with van der Waals surface area (Å²) in [7, 11) is -3.55. The van der Waals surface area contributed by atoms with Gasteiger partial charge in [0.15, 0.2) is 0 Å². The van der Waals surface area contributed by atoms with E-state index in [1.807, 2.05) is 0 Å². The minimum absolute atomic E-state index is 0.111. The van der Waals surface area contributed by atoms with Crippen LogP contribution in [-0.4, -0.2) is 30.8 Å². The van der Waals surface area contributed by atoms with Crippen LogP contribution in [0.4, 0.5) is 0 Å². The average molecular weight is 333 g/mol. The second-order valence-electron chi connectivity index (χ2n) is 5.12. The number of sulfonamides is 1. The van der Waals surface area contributed by atoms with Crippen molar-refractivity contribution < 1.29 is 8.42 Å². The zero-order valence-electron chi connectivity index (χ0n) is 12.9. The third kappa shape index (κ3) is 5.57. The van der Waals surface area contributed by atoms with Gasteiger partial charge in [0.05, 0.1) is 5.02 Å². The summed E-state index contributed by atoms with van der Waals surface area (Å²) in [4.78, 5) is 4.01. The Morgan fingerprint density at radius 2 is 1.67 bits per heavy atom. The number of rotatable bonds is 10. The molecular formula is C15H25ClN2O2S. The van der Waals surface area contributed by atoms with E-state index in [0.29, 0.717) is 13.1 Å². The normalized spacial score (nSPS) is 12.0. The van der Waals surface area contributed by atoms with E-state index in [0.717, 1.165) is 38.5 Å². The minimum atomic E-state index is -3.55. The van der Waals surface area contributed by atoms with Gasteiger partial charge >= 0.3 is 0 Å². The van der Waals surface area contributed by atoms with Gasteiger partial charge in [0.2, 0.25) is 10.0 Å². The van der Waals surface area contributed by atoms with Gasteiger partial charge in [0.1, 0.15) is 4.90 Å². The van der Waals surface area contributed by atoms with Crippen molar-refractivity contribution in [3.63, 3.8) is 0 Å². The Labute approximate surface area is 133 Å². The second kappa shape index (κ2) is 9.38. The molecule has 6 heteroatoms. The fourth-order valence-corrected chi connectivity index (χ4v) is 4.04. The zero-order chi connectivity index (χ0) is 15.7. The van der Waals surface area contributed by atoms with Gasteiger partial charge in [-0.25, -0.2) is 8.42 Å². The molecule has 0 amide bonds. The Kier molecular flexibility index (Phi) is 8.22. The number of hydrogen-bond donors (Lipinski definition) is 0. The first-order chi connectivity index (χ1) is 10.0. The highest BCUT2D eigenvalue weighted by Gasteiger charge is 2.26. The van der Waals surface area contributed by atoms with Gasteiger partial charge in [-0.2, -0.15) is 4.31 Å². The molecule has 0 aliphatic heterocycles. The van der Waals surface area contributed by atoms with Crippen LogP contribution in [0.25, 0.3) is 0 Å². The first-order valence-corrected chi connectivity index (χ1v) is 9.45. The molecule has 1 heterocycles. The molecule has 0 saturated carbocycles. The smallest absolute Gasteiger partial charge is 0.246 e. The number of pyridine rings is 1. The van der Waals surface area contributed by atoms with E-state index in [9.17, 15) is 8.42 Å². The van der Waals surface area contributed by atoms with Gasteiger partial charge in [-0.1, -0.05) is 51.1 Å². The lowest BCUT2D eigenvalue weighted by Crippen LogP contribution is -2.33. The van der Waals surface area contributed by atoms with Crippen molar-refractivity contribution in [2.45, 2.75) is 57.3 Å². The lowest BCUT2D eigenvalue weighted by atomic mass is 10.2. The van der Waals surface area contributed by atoms with Crippen molar-refractivity contribution in [3.05, 3.63) is 23.5 Å². The Morgan fingerprint density at radius 3 is 2.14 bits per heavy atom. The maximum Gasteiger partial charge on any atom is 0.246 e. The van der Waals surface area contributed by atoms with Crippen LogP contribution >= 0.6 is 11.6 Å². The van der Waals surface area contributed by atoms with Gasteiger partial charge in [0, 0.05) is 25.5 Å². The van der Waals surface area contributed by atoms with E-state index in [-0.39, 0.29) is 9.92 Å². The SMILES string of the molecule is CCCCCN(CCCCC)S(=O)(=O)c1cnccc1Cl. The molecule has 0 radical (unpaired) electrons. The van der Waals surface area contributed by atoms with Crippen molar-refractivity contribution in [3.8, 4) is 0 Å². The fourth-order valence-electron chi connectivity index (χ4n) is 2.12. The molecular weight excluding hydrogens is 308 g/mol. The number of aromatic nitrogens is 1. The van der Waals surface area contributed by atoms with Crippen molar-refractivity contribution >= 4 is 21.6 Å². The Balaban J connectivity index is 2.90. The molecule has 1 rings (SSSR count). The van der Waals surface area contributed by atoms with E-state index in [1.54, 1.807) is 4.31 Å². The largest absolute Gasteiger partial charge is 0.263 e. The molecule has 0 unspecified atom stereocenters. The lowest BCUT2D eigenvalue weighted by Gasteiger charge is -2.22. The molecule has 0 fully saturated rings. The van der Waals surface area contributed by atoms with Gasteiger partial charge in [-0.3, -0.25) is 4.98 Å². The van der Waals surface area contributed by atoms with Crippen molar-refractivity contribution in [1.82, 2.24) is 9.29 Å². The van der Waals surface area contributed by atoms with Crippen LogP contribution in [0, 0.1) is 0 Å². The molecule has 0 atom stereocenters. The Morgan fingerprint density at radius 1 is 1.10 bits per heavy atom. The molecule has 0 aromatic carbocycles. The first kappa shape index (κ1) is 18.4. The topological polar surface area (TPSA) is 50.3 Å². The molecule has 21 heavy (non-hydrogen) atoms. The fraction of sp³-hybridized carbons (Fsp3) is 0.667. The van der Waals surface area contributed by atoms with E-state index < -0.39 is 10.0 Å². The van der Waals surface area contributed by atoms with Gasteiger partial charge in [-0.15, -0.1) is 0 Å². The summed E-state index contributed by atoms with van der Waals surface area (Å²) in [5.41, 5.74) is 0. The summed E-state index contributed by atoms with van der Waals surface area (Å²) >= 11 is 6.03. The van der Waals surface area contributed by atoms with Crippen LogP contribution in [0.5, 0.6) is 0 Å². The highest BCUT2D eigenvalue weighted by Crippen LogP contribution is 2.24. The molecule has 1 aromatic heterocycles. The van der Waals surface area contributed by atoms with Crippen molar-refractivity contribution in [2.75, 3.05) is 13.1 Å². The third-order valence-electron chi connectivity index (χ3n) is 3.37. The summed E-state index contributed by atoms with van der Waals surface area (Å²) in [6.45, 7) is 5.30. The Hall–Kier alpha value is -0.650. The number of hydrogen-bond acceptors (Lipinski definition) is 3. The van der Waals surface area contributed by atoms with Crippen LogP contribution < -0.4 is 0 Å². The maximum atomic E-state index is 12.7. The van der Waals surface area contributed by atoms with E-state index >= 15 is 0 Å². The van der Waals surface area contributed by atoms with E-state index in [4.69, 9.17) is 11.6 Å². The van der Waals surface area contributed by atoms with Crippen LogP contribution in [0.1, 0.15) is 52.4 Å². The summed E-state index contributed by atoms with van der Waals surface area (Å²) < 4.78 is 27.0. The van der Waals surface area contributed by atoms with Gasteiger partial charge < -0.3 is 0 Å². The van der Waals surface area contributed by atoms with Crippen molar-refractivity contribution in [2.24, 2.45) is 0 Å². The summed E-state index contributed by atoms with van der Waals surface area (Å²) in [6, 6.07) is 1.52. The van der Waals surface area contributed by atoms with Crippen LogP contribution in [0.3, 0.4) is 0 Å². The molecule has 1 aromatic rings. The highest BCUT2D eigenvalue weighted by atomic mass is 35.5. The quantitative estimate of drug-likeness (QED) is 0.606. The van der Waals surface area contributed by atoms with Gasteiger partial charge in [0.25, 0.3) is 0 Å². The summed E-state index contributed by atoms with van der Waals surface area (Å²) in [6.07, 6.45) is 8.78. The summed E-state index contributed by atoms with van der Waals surface area (Å²) in [5.74, 6) is 0. The van der Waals surface area contributed by atoms with Crippen molar-refractivity contribution in [1.29, 1.82) is 0 Å². The van der Waals surface area contributed by atoms with Crippen LogP contribution in [-0.2, 0) is 10.0 Å². The number of halogens is 1. The first-order valence-electron chi connectivity index (χ1n) is 7.63.